The Morgan fingerprint density at radius 3 is 2.64 bits per heavy atom. The molecule has 0 bridgehead atoms. The van der Waals surface area contributed by atoms with Crippen LogP contribution in [0.1, 0.15) is 12.8 Å². The van der Waals surface area contributed by atoms with Gasteiger partial charge in [-0.2, -0.15) is 0 Å². The van der Waals surface area contributed by atoms with Crippen molar-refractivity contribution in [2.45, 2.75) is 18.9 Å². The largest absolute Gasteiger partial charge is 0.488 e. The molecule has 2 N–H and O–H groups in total. The minimum absolute atomic E-state index is 0.0708. The first-order valence-corrected chi connectivity index (χ1v) is 8.23. The Hall–Kier alpha value is -2.23. The van der Waals surface area contributed by atoms with E-state index in [4.69, 9.17) is 0 Å². The van der Waals surface area contributed by atoms with Gasteiger partial charge in [0.2, 0.25) is 0 Å². The van der Waals surface area contributed by atoms with Crippen LogP contribution in [0.25, 0.3) is 10.9 Å². The quantitative estimate of drug-likeness (QED) is 0.469. The molecule has 0 aliphatic carbocycles. The third-order valence-electron chi connectivity index (χ3n) is 4.93. The number of piperidine rings is 1. The molecular formula is C16H21BN4O4. The normalized spacial score (nSPS) is 16.2. The number of anilines is 1. The van der Waals surface area contributed by atoms with E-state index in [2.05, 4.69) is 16.9 Å². The molecule has 1 aromatic heterocycles. The lowest BCUT2D eigenvalue weighted by Crippen LogP contribution is -2.42. The molecule has 2 aromatic rings. The highest BCUT2D eigenvalue weighted by atomic mass is 16.6. The Morgan fingerprint density at radius 2 is 2.04 bits per heavy atom. The summed E-state index contributed by atoms with van der Waals surface area (Å²) in [6.07, 6.45) is 3.10. The van der Waals surface area contributed by atoms with Crippen LogP contribution < -0.4 is 10.4 Å². The maximum atomic E-state index is 11.6. The fraction of sp³-hybridized carbons (Fsp3) is 0.438. The van der Waals surface area contributed by atoms with Crippen molar-refractivity contribution < 1.29 is 15.0 Å². The SMILES string of the molecule is CN1CCC(N(C)c2c([N+](=O)[O-])cnc3ccc(B(O)O)cc23)CC1. The van der Waals surface area contributed by atoms with Gasteiger partial charge in [-0.25, -0.2) is 4.98 Å². The van der Waals surface area contributed by atoms with E-state index in [9.17, 15) is 20.2 Å². The Morgan fingerprint density at radius 1 is 1.36 bits per heavy atom. The van der Waals surface area contributed by atoms with E-state index < -0.39 is 12.0 Å². The van der Waals surface area contributed by atoms with Gasteiger partial charge in [-0.15, -0.1) is 0 Å². The molecule has 25 heavy (non-hydrogen) atoms. The van der Waals surface area contributed by atoms with Crippen LogP contribution in [0.15, 0.2) is 24.4 Å². The van der Waals surface area contributed by atoms with E-state index >= 15 is 0 Å². The number of rotatable bonds is 4. The van der Waals surface area contributed by atoms with Crippen LogP contribution >= 0.6 is 0 Å². The third kappa shape index (κ3) is 3.44. The van der Waals surface area contributed by atoms with Crippen molar-refractivity contribution in [1.29, 1.82) is 0 Å². The van der Waals surface area contributed by atoms with E-state index in [1.165, 1.54) is 6.20 Å². The van der Waals surface area contributed by atoms with Crippen molar-refractivity contribution in [2.24, 2.45) is 0 Å². The van der Waals surface area contributed by atoms with Gasteiger partial charge in [0.15, 0.2) is 0 Å². The minimum atomic E-state index is -1.63. The van der Waals surface area contributed by atoms with Gasteiger partial charge < -0.3 is 19.8 Å². The third-order valence-corrected chi connectivity index (χ3v) is 4.93. The molecule has 1 aliphatic rings. The molecule has 8 nitrogen and oxygen atoms in total. The van der Waals surface area contributed by atoms with Crippen LogP contribution in [-0.2, 0) is 0 Å². The number of pyridine rings is 1. The first-order chi connectivity index (χ1) is 11.9. The smallest absolute Gasteiger partial charge is 0.423 e. The van der Waals surface area contributed by atoms with E-state index in [-0.39, 0.29) is 17.2 Å². The number of fused-ring (bicyclic) bond motifs is 1. The van der Waals surface area contributed by atoms with E-state index in [1.54, 1.807) is 18.2 Å². The summed E-state index contributed by atoms with van der Waals surface area (Å²) in [6.45, 7) is 1.87. The van der Waals surface area contributed by atoms with Gasteiger partial charge in [-0.05, 0) is 44.5 Å². The monoisotopic (exact) mass is 344 g/mol. The van der Waals surface area contributed by atoms with Crippen LogP contribution in [-0.4, -0.2) is 65.2 Å². The molecule has 1 saturated heterocycles. The van der Waals surface area contributed by atoms with Crippen molar-refractivity contribution in [2.75, 3.05) is 32.1 Å². The zero-order valence-corrected chi connectivity index (χ0v) is 14.3. The van der Waals surface area contributed by atoms with E-state index in [0.717, 1.165) is 25.9 Å². The van der Waals surface area contributed by atoms with Crippen molar-refractivity contribution in [3.8, 4) is 0 Å². The van der Waals surface area contributed by atoms with E-state index in [0.29, 0.717) is 16.6 Å². The van der Waals surface area contributed by atoms with Crippen molar-refractivity contribution >= 4 is 34.9 Å². The van der Waals surface area contributed by atoms with Gasteiger partial charge in [0.05, 0.1) is 10.4 Å². The molecule has 1 fully saturated rings. The summed E-state index contributed by atoms with van der Waals surface area (Å²) < 4.78 is 0. The first-order valence-electron chi connectivity index (χ1n) is 8.23. The molecule has 0 atom stereocenters. The zero-order chi connectivity index (χ0) is 18.1. The van der Waals surface area contributed by atoms with Gasteiger partial charge in [-0.3, -0.25) is 10.1 Å². The summed E-state index contributed by atoms with van der Waals surface area (Å²) in [4.78, 5) is 19.5. The molecule has 132 valence electrons. The van der Waals surface area contributed by atoms with Crippen molar-refractivity contribution in [3.63, 3.8) is 0 Å². The predicted molar refractivity (Wildman–Crippen MR) is 97.1 cm³/mol. The van der Waals surface area contributed by atoms with Gasteiger partial charge in [0.1, 0.15) is 11.9 Å². The highest BCUT2D eigenvalue weighted by Gasteiger charge is 2.28. The molecule has 1 aromatic carbocycles. The van der Waals surface area contributed by atoms with Crippen LogP contribution in [0.4, 0.5) is 11.4 Å². The second-order valence-electron chi connectivity index (χ2n) is 6.54. The van der Waals surface area contributed by atoms with Crippen molar-refractivity contribution in [1.82, 2.24) is 9.88 Å². The van der Waals surface area contributed by atoms with Gasteiger partial charge in [-0.1, -0.05) is 12.1 Å². The average molecular weight is 344 g/mol. The summed E-state index contributed by atoms with van der Waals surface area (Å²) >= 11 is 0. The van der Waals surface area contributed by atoms with Crippen molar-refractivity contribution in [3.05, 3.63) is 34.5 Å². The summed E-state index contributed by atoms with van der Waals surface area (Å²) in [6, 6.07) is 4.97. The predicted octanol–water partition coefficient (Wildman–Crippen LogP) is 0.353. The van der Waals surface area contributed by atoms with E-state index in [1.807, 2.05) is 11.9 Å². The summed E-state index contributed by atoms with van der Waals surface area (Å²) in [5.74, 6) is 0. The molecule has 0 unspecified atom stereocenters. The maximum Gasteiger partial charge on any atom is 0.488 e. The molecule has 0 saturated carbocycles. The lowest BCUT2D eigenvalue weighted by atomic mass is 9.79. The first kappa shape index (κ1) is 17.6. The van der Waals surface area contributed by atoms with Crippen LogP contribution in [0.5, 0.6) is 0 Å². The fourth-order valence-electron chi connectivity index (χ4n) is 3.42. The van der Waals surface area contributed by atoms with Gasteiger partial charge >= 0.3 is 12.8 Å². The van der Waals surface area contributed by atoms with Gasteiger partial charge in [0, 0.05) is 18.5 Å². The second kappa shape index (κ2) is 6.95. The number of hydrogen-bond donors (Lipinski definition) is 2. The topological polar surface area (TPSA) is 103 Å². The second-order valence-corrected chi connectivity index (χ2v) is 6.54. The maximum absolute atomic E-state index is 11.6. The number of aromatic nitrogens is 1. The van der Waals surface area contributed by atoms with Crippen LogP contribution in [0.3, 0.4) is 0 Å². The molecule has 3 rings (SSSR count). The minimum Gasteiger partial charge on any atom is -0.423 e. The summed E-state index contributed by atoms with van der Waals surface area (Å²) in [5.41, 5.74) is 1.28. The summed E-state index contributed by atoms with van der Waals surface area (Å²) in [7, 11) is 2.29. The molecule has 9 heteroatoms. The molecule has 1 aliphatic heterocycles. The number of nitrogens with zero attached hydrogens (tertiary/aromatic N) is 4. The average Bonchev–Trinajstić information content (AvgIpc) is 2.60. The molecule has 0 radical (unpaired) electrons. The standard InChI is InChI=1S/C16H21BN4O4/c1-19-7-5-12(6-8-19)20(2)16-13-9-11(17(22)23)3-4-14(13)18-10-15(16)21(24)25/h3-4,9-10,12,22-23H,5-8H2,1-2H3. The van der Waals surface area contributed by atoms with Gasteiger partial charge in [0.25, 0.3) is 0 Å². The fourth-order valence-corrected chi connectivity index (χ4v) is 3.42. The van der Waals surface area contributed by atoms with Crippen LogP contribution in [0.2, 0.25) is 0 Å². The highest BCUT2D eigenvalue weighted by molar-refractivity contribution is 6.59. The number of benzene rings is 1. The lowest BCUT2D eigenvalue weighted by molar-refractivity contribution is -0.384. The Kier molecular flexibility index (Phi) is 4.89. The molecular weight excluding hydrogens is 323 g/mol. The van der Waals surface area contributed by atoms with Crippen LogP contribution in [0, 0.1) is 10.1 Å². The Labute approximate surface area is 146 Å². The summed E-state index contributed by atoms with van der Waals surface area (Å²) in [5, 5.41) is 31.0. The number of hydrogen-bond acceptors (Lipinski definition) is 7. The lowest BCUT2D eigenvalue weighted by Gasteiger charge is -2.36. The molecule has 0 amide bonds. The zero-order valence-electron chi connectivity index (χ0n) is 14.3. The highest BCUT2D eigenvalue weighted by Crippen LogP contribution is 2.36. The Bertz CT molecular complexity index is 793. The number of nitro groups is 1. The number of likely N-dealkylation sites (tertiary alicyclic amines) is 1. The Balaban J connectivity index is 2.13. The molecule has 0 spiro atoms. The molecule has 2 heterocycles.